The van der Waals surface area contributed by atoms with Crippen molar-refractivity contribution in [2.24, 2.45) is 0 Å². The summed E-state index contributed by atoms with van der Waals surface area (Å²) in [5.74, 6) is 1.24. The van der Waals surface area contributed by atoms with Gasteiger partial charge in [0.2, 0.25) is 5.78 Å². The smallest absolute Gasteiger partial charge is 0.203 e. The van der Waals surface area contributed by atoms with Gasteiger partial charge in [-0.3, -0.25) is 4.79 Å². The molecule has 0 saturated heterocycles. The first-order valence-electron chi connectivity index (χ1n) is 6.04. The fourth-order valence-corrected chi connectivity index (χ4v) is 2.68. The average molecular weight is 276 g/mol. The predicted octanol–water partition coefficient (Wildman–Crippen LogP) is 3.56. The molecule has 0 saturated carbocycles. The average Bonchev–Trinajstić information content (AvgIpc) is 2.94. The van der Waals surface area contributed by atoms with Crippen LogP contribution in [0.5, 0.6) is 11.5 Å². The van der Waals surface area contributed by atoms with Gasteiger partial charge in [-0.2, -0.15) is 0 Å². The summed E-state index contributed by atoms with van der Waals surface area (Å²) in [6, 6.07) is 9.09. The molecule has 4 heteroatoms. The molecule has 3 nitrogen and oxygen atoms in total. The van der Waals surface area contributed by atoms with Gasteiger partial charge in [0, 0.05) is 16.5 Å². The molecule has 0 bridgehead atoms. The number of ketones is 1. The zero-order valence-electron chi connectivity index (χ0n) is 11.2. The summed E-state index contributed by atoms with van der Waals surface area (Å²) >= 11 is 1.53. The van der Waals surface area contributed by atoms with E-state index in [-0.39, 0.29) is 5.78 Å². The van der Waals surface area contributed by atoms with Crippen LogP contribution in [0.2, 0.25) is 0 Å². The minimum Gasteiger partial charge on any atom is -0.497 e. The molecule has 19 heavy (non-hydrogen) atoms. The van der Waals surface area contributed by atoms with Crippen molar-refractivity contribution >= 4 is 17.1 Å². The molecule has 1 heterocycles. The molecule has 0 radical (unpaired) electrons. The summed E-state index contributed by atoms with van der Waals surface area (Å²) in [5, 5.41) is 0. The number of thiophene rings is 1. The lowest BCUT2D eigenvalue weighted by molar-refractivity contribution is 0.104. The van der Waals surface area contributed by atoms with Gasteiger partial charge in [-0.05, 0) is 30.7 Å². The Kier molecular flexibility index (Phi) is 4.22. The zero-order valence-corrected chi connectivity index (χ0v) is 12.0. The Hall–Kier alpha value is -1.81. The second-order valence-corrected chi connectivity index (χ2v) is 5.22. The van der Waals surface area contributed by atoms with Crippen molar-refractivity contribution in [3.63, 3.8) is 0 Å². The van der Waals surface area contributed by atoms with Crippen LogP contribution in [0.4, 0.5) is 0 Å². The van der Waals surface area contributed by atoms with Crippen LogP contribution in [-0.2, 0) is 6.42 Å². The van der Waals surface area contributed by atoms with Crippen LogP contribution >= 0.6 is 11.3 Å². The van der Waals surface area contributed by atoms with Crippen LogP contribution in [0.15, 0.2) is 30.3 Å². The third kappa shape index (κ3) is 2.96. The van der Waals surface area contributed by atoms with E-state index >= 15 is 0 Å². The zero-order chi connectivity index (χ0) is 13.8. The number of benzene rings is 1. The largest absolute Gasteiger partial charge is 0.497 e. The van der Waals surface area contributed by atoms with Crippen LogP contribution in [0, 0.1) is 0 Å². The van der Waals surface area contributed by atoms with E-state index in [0.717, 1.165) is 11.3 Å². The first-order chi connectivity index (χ1) is 9.17. The van der Waals surface area contributed by atoms with Crippen LogP contribution in [0.3, 0.4) is 0 Å². The lowest BCUT2D eigenvalue weighted by atomic mass is 10.1. The van der Waals surface area contributed by atoms with Crippen LogP contribution in [-0.4, -0.2) is 20.0 Å². The molecule has 1 aromatic heterocycles. The Balaban J connectivity index is 2.37. The molecule has 2 rings (SSSR count). The van der Waals surface area contributed by atoms with E-state index in [0.29, 0.717) is 17.1 Å². The number of hydrogen-bond donors (Lipinski definition) is 0. The standard InChI is InChI=1S/C15H16O3S/c1-4-13-5-6-14(19-13)15(16)10-7-11(17-2)9-12(8-10)18-3/h5-9H,4H2,1-3H3. The molecule has 0 N–H and O–H groups in total. The van der Waals surface area contributed by atoms with Crippen molar-refractivity contribution in [2.75, 3.05) is 14.2 Å². The molecule has 100 valence electrons. The molecular formula is C15H16O3S. The van der Waals surface area contributed by atoms with Crippen molar-refractivity contribution in [1.82, 2.24) is 0 Å². The monoisotopic (exact) mass is 276 g/mol. The summed E-state index contributed by atoms with van der Waals surface area (Å²) < 4.78 is 10.4. The number of rotatable bonds is 5. The van der Waals surface area contributed by atoms with Crippen molar-refractivity contribution in [3.8, 4) is 11.5 Å². The highest BCUT2D eigenvalue weighted by atomic mass is 32.1. The molecule has 1 aromatic carbocycles. The van der Waals surface area contributed by atoms with Crippen molar-refractivity contribution in [2.45, 2.75) is 13.3 Å². The van der Waals surface area contributed by atoms with E-state index in [1.54, 1.807) is 32.4 Å². The van der Waals surface area contributed by atoms with Gasteiger partial charge in [-0.1, -0.05) is 6.92 Å². The third-order valence-electron chi connectivity index (χ3n) is 2.85. The van der Waals surface area contributed by atoms with E-state index in [1.807, 2.05) is 12.1 Å². The maximum absolute atomic E-state index is 12.4. The first-order valence-corrected chi connectivity index (χ1v) is 6.86. The van der Waals surface area contributed by atoms with Crippen molar-refractivity contribution in [1.29, 1.82) is 0 Å². The summed E-state index contributed by atoms with van der Waals surface area (Å²) in [4.78, 5) is 14.4. The predicted molar refractivity (Wildman–Crippen MR) is 76.7 cm³/mol. The number of aryl methyl sites for hydroxylation is 1. The van der Waals surface area contributed by atoms with Crippen LogP contribution < -0.4 is 9.47 Å². The number of ether oxygens (including phenoxy) is 2. The molecule has 0 aliphatic carbocycles. The highest BCUT2D eigenvalue weighted by Gasteiger charge is 2.14. The Morgan fingerprint density at radius 1 is 1.11 bits per heavy atom. The minimum atomic E-state index is 0.00176. The van der Waals surface area contributed by atoms with Crippen LogP contribution in [0.25, 0.3) is 0 Å². The van der Waals surface area contributed by atoms with Gasteiger partial charge in [0.15, 0.2) is 0 Å². The molecule has 0 unspecified atom stereocenters. The SMILES string of the molecule is CCc1ccc(C(=O)c2cc(OC)cc(OC)c2)s1. The number of methoxy groups -OCH3 is 2. The highest BCUT2D eigenvalue weighted by molar-refractivity contribution is 7.14. The summed E-state index contributed by atoms with van der Waals surface area (Å²) in [5.41, 5.74) is 0.584. The minimum absolute atomic E-state index is 0.00176. The fourth-order valence-electron chi connectivity index (χ4n) is 1.77. The van der Waals surface area contributed by atoms with Crippen molar-refractivity contribution < 1.29 is 14.3 Å². The molecule has 2 aromatic rings. The Bertz CT molecular complexity index is 565. The number of hydrogen-bond acceptors (Lipinski definition) is 4. The molecule has 0 atom stereocenters. The fraction of sp³-hybridized carbons (Fsp3) is 0.267. The molecule has 0 aliphatic heterocycles. The Morgan fingerprint density at radius 3 is 2.21 bits per heavy atom. The second-order valence-electron chi connectivity index (χ2n) is 4.05. The molecule has 0 aliphatic rings. The lowest BCUT2D eigenvalue weighted by Crippen LogP contribution is -2.00. The Labute approximate surface area is 116 Å². The van der Waals surface area contributed by atoms with E-state index in [2.05, 4.69) is 6.92 Å². The van der Waals surface area contributed by atoms with Gasteiger partial charge in [0.05, 0.1) is 19.1 Å². The Morgan fingerprint density at radius 2 is 1.74 bits per heavy atom. The number of carbonyl (C=O) groups excluding carboxylic acids is 1. The maximum Gasteiger partial charge on any atom is 0.203 e. The highest BCUT2D eigenvalue weighted by Crippen LogP contribution is 2.26. The maximum atomic E-state index is 12.4. The van der Waals surface area contributed by atoms with Gasteiger partial charge in [0.1, 0.15) is 11.5 Å². The summed E-state index contributed by atoms with van der Waals surface area (Å²) in [6.07, 6.45) is 0.944. The number of carbonyl (C=O) groups is 1. The van der Waals surface area contributed by atoms with Gasteiger partial charge in [-0.25, -0.2) is 0 Å². The normalized spacial score (nSPS) is 10.3. The second kappa shape index (κ2) is 5.89. The van der Waals surface area contributed by atoms with E-state index in [4.69, 9.17) is 9.47 Å². The van der Waals surface area contributed by atoms with E-state index in [1.165, 1.54) is 16.2 Å². The molecule has 0 amide bonds. The van der Waals surface area contributed by atoms with Crippen LogP contribution in [0.1, 0.15) is 27.0 Å². The van der Waals surface area contributed by atoms with E-state index < -0.39 is 0 Å². The van der Waals surface area contributed by atoms with Gasteiger partial charge in [0.25, 0.3) is 0 Å². The lowest BCUT2D eigenvalue weighted by Gasteiger charge is -2.07. The first kappa shape index (κ1) is 13.6. The molecule has 0 spiro atoms. The van der Waals surface area contributed by atoms with Gasteiger partial charge < -0.3 is 9.47 Å². The topological polar surface area (TPSA) is 35.5 Å². The van der Waals surface area contributed by atoms with Gasteiger partial charge >= 0.3 is 0 Å². The molecule has 0 fully saturated rings. The van der Waals surface area contributed by atoms with Gasteiger partial charge in [-0.15, -0.1) is 11.3 Å². The van der Waals surface area contributed by atoms with Crippen molar-refractivity contribution in [3.05, 3.63) is 45.6 Å². The summed E-state index contributed by atoms with van der Waals surface area (Å²) in [7, 11) is 3.15. The quantitative estimate of drug-likeness (QED) is 0.783. The molecular weight excluding hydrogens is 260 g/mol. The summed E-state index contributed by atoms with van der Waals surface area (Å²) in [6.45, 7) is 2.08. The van der Waals surface area contributed by atoms with E-state index in [9.17, 15) is 4.79 Å². The third-order valence-corrected chi connectivity index (χ3v) is 4.08.